The molecule has 5 N–H and O–H groups in total. The number of anilines is 2. The van der Waals surface area contributed by atoms with E-state index in [9.17, 15) is 9.90 Å². The molecule has 4 nitrogen and oxygen atoms in total. The van der Waals surface area contributed by atoms with Crippen LogP contribution in [0.25, 0.3) is 11.1 Å². The number of carbonyl (C=O) groups is 1. The molecule has 0 saturated heterocycles. The fourth-order valence-electron chi connectivity index (χ4n) is 4.75. The van der Waals surface area contributed by atoms with Gasteiger partial charge in [-0.2, -0.15) is 0 Å². The lowest BCUT2D eigenvalue weighted by Gasteiger charge is -2.34. The predicted octanol–water partition coefficient (Wildman–Crippen LogP) is 4.91. The van der Waals surface area contributed by atoms with E-state index in [1.54, 1.807) is 12.1 Å². The molecule has 146 valence electrons. The zero-order valence-corrected chi connectivity index (χ0v) is 16.2. The molecule has 0 radical (unpaired) electrons. The van der Waals surface area contributed by atoms with Gasteiger partial charge < -0.3 is 16.6 Å². The molecular weight excluding hydrogens is 372 g/mol. The van der Waals surface area contributed by atoms with E-state index in [4.69, 9.17) is 11.5 Å². The fraction of sp³-hybridized carbons (Fsp3) is 0.0385. The van der Waals surface area contributed by atoms with E-state index in [1.807, 2.05) is 66.7 Å². The van der Waals surface area contributed by atoms with Gasteiger partial charge >= 0.3 is 5.97 Å². The Hall–Kier alpha value is -4.05. The van der Waals surface area contributed by atoms with Crippen LogP contribution in [-0.4, -0.2) is 11.1 Å². The Morgan fingerprint density at radius 2 is 1.27 bits per heavy atom. The van der Waals surface area contributed by atoms with E-state index in [0.29, 0.717) is 11.4 Å². The number of carboxylic acids is 1. The summed E-state index contributed by atoms with van der Waals surface area (Å²) in [4.78, 5) is 11.8. The van der Waals surface area contributed by atoms with Gasteiger partial charge in [-0.25, -0.2) is 4.79 Å². The first kappa shape index (κ1) is 18.0. The van der Waals surface area contributed by atoms with Crippen molar-refractivity contribution < 1.29 is 9.90 Å². The lowest BCUT2D eigenvalue weighted by atomic mass is 9.67. The first-order chi connectivity index (χ1) is 14.5. The highest BCUT2D eigenvalue weighted by Crippen LogP contribution is 2.56. The topological polar surface area (TPSA) is 89.3 Å². The second-order valence-electron chi connectivity index (χ2n) is 7.61. The Bertz CT molecular complexity index is 1260. The number of benzene rings is 4. The lowest BCUT2D eigenvalue weighted by Crippen LogP contribution is -2.29. The van der Waals surface area contributed by atoms with Crippen LogP contribution >= 0.6 is 0 Å². The first-order valence-electron chi connectivity index (χ1n) is 9.71. The van der Waals surface area contributed by atoms with E-state index in [0.717, 1.165) is 33.4 Å². The van der Waals surface area contributed by atoms with Gasteiger partial charge in [0.05, 0.1) is 11.0 Å². The molecule has 4 aromatic carbocycles. The highest BCUT2D eigenvalue weighted by atomic mass is 16.4. The van der Waals surface area contributed by atoms with Gasteiger partial charge in [0.1, 0.15) is 0 Å². The highest BCUT2D eigenvalue weighted by molar-refractivity contribution is 5.93. The Morgan fingerprint density at radius 3 is 1.87 bits per heavy atom. The minimum absolute atomic E-state index is 0.249. The summed E-state index contributed by atoms with van der Waals surface area (Å²) in [6.45, 7) is 0. The summed E-state index contributed by atoms with van der Waals surface area (Å²) in [6.07, 6.45) is 0. The van der Waals surface area contributed by atoms with Gasteiger partial charge in [-0.1, -0.05) is 54.6 Å². The van der Waals surface area contributed by atoms with Crippen LogP contribution in [0, 0.1) is 0 Å². The van der Waals surface area contributed by atoms with E-state index < -0.39 is 11.4 Å². The summed E-state index contributed by atoms with van der Waals surface area (Å²) in [7, 11) is 0. The van der Waals surface area contributed by atoms with Crippen LogP contribution in [0.2, 0.25) is 0 Å². The monoisotopic (exact) mass is 392 g/mol. The van der Waals surface area contributed by atoms with Crippen LogP contribution in [0.15, 0.2) is 91.0 Å². The summed E-state index contributed by atoms with van der Waals surface area (Å²) in [6, 6.07) is 29.1. The van der Waals surface area contributed by atoms with Crippen molar-refractivity contribution in [2.24, 2.45) is 0 Å². The molecule has 0 unspecified atom stereocenters. The zero-order chi connectivity index (χ0) is 20.9. The molecule has 0 spiro atoms. The molecule has 1 aliphatic carbocycles. The second-order valence-corrected chi connectivity index (χ2v) is 7.61. The van der Waals surface area contributed by atoms with Crippen molar-refractivity contribution in [1.82, 2.24) is 0 Å². The largest absolute Gasteiger partial charge is 0.478 e. The first-order valence-corrected chi connectivity index (χ1v) is 9.71. The third-order valence-corrected chi connectivity index (χ3v) is 5.93. The SMILES string of the molecule is Nc1cccc(C2(c3cccc(N)c3)c3ccccc3-c3ccc(C(=O)O)cc32)c1. The molecule has 0 atom stereocenters. The Balaban J connectivity index is 1.98. The standard InChI is InChI=1S/C26H20N2O2/c27-19-7-3-5-17(14-19)26(18-6-4-8-20(28)15-18)23-10-2-1-9-21(23)22-12-11-16(25(29)30)13-24(22)26/h1-15H,27-28H2,(H,29,30). The van der Waals surface area contributed by atoms with Crippen molar-refractivity contribution in [3.8, 4) is 11.1 Å². The van der Waals surface area contributed by atoms with E-state index in [1.165, 1.54) is 0 Å². The maximum absolute atomic E-state index is 11.8. The summed E-state index contributed by atoms with van der Waals surface area (Å²) in [5.74, 6) is -0.956. The van der Waals surface area contributed by atoms with Gasteiger partial charge in [0.2, 0.25) is 0 Å². The molecule has 4 heteroatoms. The normalized spacial score (nSPS) is 13.5. The quantitative estimate of drug-likeness (QED) is 0.381. The highest BCUT2D eigenvalue weighted by Gasteiger charge is 2.46. The predicted molar refractivity (Wildman–Crippen MR) is 120 cm³/mol. The van der Waals surface area contributed by atoms with Gasteiger partial charge in [0, 0.05) is 11.4 Å². The minimum Gasteiger partial charge on any atom is -0.478 e. The average Bonchev–Trinajstić information content (AvgIpc) is 3.04. The molecule has 0 bridgehead atoms. The fourth-order valence-corrected chi connectivity index (χ4v) is 4.75. The molecule has 0 aromatic heterocycles. The smallest absolute Gasteiger partial charge is 0.335 e. The van der Waals surface area contributed by atoms with E-state index in [2.05, 4.69) is 12.1 Å². The summed E-state index contributed by atoms with van der Waals surface area (Å²) >= 11 is 0. The van der Waals surface area contributed by atoms with Crippen molar-refractivity contribution in [3.05, 3.63) is 119 Å². The third kappa shape index (κ3) is 2.44. The number of nitrogen functional groups attached to an aromatic ring is 2. The molecule has 5 rings (SSSR count). The number of hydrogen-bond acceptors (Lipinski definition) is 3. The number of aromatic carboxylic acids is 1. The van der Waals surface area contributed by atoms with Crippen molar-refractivity contribution in [1.29, 1.82) is 0 Å². The van der Waals surface area contributed by atoms with Crippen LogP contribution in [0.4, 0.5) is 11.4 Å². The van der Waals surface area contributed by atoms with Gasteiger partial charge in [0.15, 0.2) is 0 Å². The van der Waals surface area contributed by atoms with Crippen LogP contribution in [0.3, 0.4) is 0 Å². The Morgan fingerprint density at radius 1 is 0.667 bits per heavy atom. The van der Waals surface area contributed by atoms with Crippen LogP contribution in [-0.2, 0) is 5.41 Å². The molecule has 0 saturated carbocycles. The van der Waals surface area contributed by atoms with Crippen LogP contribution in [0.5, 0.6) is 0 Å². The molecule has 0 heterocycles. The summed E-state index contributed by atoms with van der Waals surface area (Å²) < 4.78 is 0. The van der Waals surface area contributed by atoms with Gasteiger partial charge in [-0.3, -0.25) is 0 Å². The van der Waals surface area contributed by atoms with Crippen molar-refractivity contribution >= 4 is 17.3 Å². The van der Waals surface area contributed by atoms with Gasteiger partial charge in [-0.05, 0) is 69.8 Å². The lowest BCUT2D eigenvalue weighted by molar-refractivity contribution is 0.0696. The molecule has 0 aliphatic heterocycles. The van der Waals surface area contributed by atoms with Crippen molar-refractivity contribution in [2.75, 3.05) is 11.5 Å². The second kappa shape index (κ2) is 6.49. The summed E-state index contributed by atoms with van der Waals surface area (Å²) in [5.41, 5.74) is 19.3. The molecule has 0 fully saturated rings. The third-order valence-electron chi connectivity index (χ3n) is 5.93. The number of hydrogen-bond donors (Lipinski definition) is 3. The molecular formula is C26H20N2O2. The Kier molecular flexibility index (Phi) is 3.90. The zero-order valence-electron chi connectivity index (χ0n) is 16.2. The molecule has 0 amide bonds. The number of fused-ring (bicyclic) bond motifs is 3. The molecule has 4 aromatic rings. The van der Waals surface area contributed by atoms with Gasteiger partial charge in [-0.15, -0.1) is 0 Å². The average molecular weight is 392 g/mol. The van der Waals surface area contributed by atoms with Gasteiger partial charge in [0.25, 0.3) is 0 Å². The Labute approximate surface area is 174 Å². The minimum atomic E-state index is -0.956. The number of carboxylic acid groups (broad SMARTS) is 1. The molecule has 1 aliphatic rings. The maximum Gasteiger partial charge on any atom is 0.335 e. The van der Waals surface area contributed by atoms with Crippen LogP contribution in [0.1, 0.15) is 32.6 Å². The molecule has 30 heavy (non-hydrogen) atoms. The van der Waals surface area contributed by atoms with Crippen molar-refractivity contribution in [2.45, 2.75) is 5.41 Å². The maximum atomic E-state index is 11.8. The van der Waals surface area contributed by atoms with E-state index in [-0.39, 0.29) is 5.56 Å². The van der Waals surface area contributed by atoms with Crippen LogP contribution < -0.4 is 11.5 Å². The van der Waals surface area contributed by atoms with E-state index >= 15 is 0 Å². The number of rotatable bonds is 3. The van der Waals surface area contributed by atoms with Crippen molar-refractivity contribution in [3.63, 3.8) is 0 Å². The summed E-state index contributed by atoms with van der Waals surface area (Å²) in [5, 5.41) is 9.69. The number of nitrogens with two attached hydrogens (primary N) is 2.